The number of hydrogen-bond acceptors (Lipinski definition) is 8. The van der Waals surface area contributed by atoms with Crippen molar-refractivity contribution in [3.05, 3.63) is 22.8 Å². The van der Waals surface area contributed by atoms with Crippen molar-refractivity contribution >= 4 is 17.9 Å². The topological polar surface area (TPSA) is 112 Å². The summed E-state index contributed by atoms with van der Waals surface area (Å²) < 4.78 is 7.04. The first-order valence-electron chi connectivity index (χ1n) is 7.60. The Balaban J connectivity index is 1.92. The Kier molecular flexibility index (Phi) is 5.32. The maximum atomic E-state index is 12.0. The van der Waals surface area contributed by atoms with Crippen LogP contribution in [-0.4, -0.2) is 44.8 Å². The maximum Gasteiger partial charge on any atom is 0.306 e. The van der Waals surface area contributed by atoms with E-state index in [0.717, 1.165) is 17.0 Å². The van der Waals surface area contributed by atoms with Gasteiger partial charge in [-0.25, -0.2) is 0 Å². The highest BCUT2D eigenvalue weighted by Gasteiger charge is 2.13. The van der Waals surface area contributed by atoms with Crippen LogP contribution in [0.5, 0.6) is 0 Å². The molecule has 0 atom stereocenters. The molecule has 2 heterocycles. The Morgan fingerprint density at radius 2 is 1.96 bits per heavy atom. The van der Waals surface area contributed by atoms with Crippen molar-refractivity contribution in [3.63, 3.8) is 0 Å². The van der Waals surface area contributed by atoms with Crippen LogP contribution in [0.1, 0.15) is 29.2 Å². The van der Waals surface area contributed by atoms with Crippen LogP contribution in [-0.2, 0) is 29.6 Å². The second-order valence-electron chi connectivity index (χ2n) is 5.74. The van der Waals surface area contributed by atoms with Gasteiger partial charge in [0.1, 0.15) is 0 Å². The molecule has 24 heavy (non-hydrogen) atoms. The number of carbonyl (C=O) groups excluding carboxylic acids is 1. The summed E-state index contributed by atoms with van der Waals surface area (Å²) in [5.41, 5.74) is 8.70. The summed E-state index contributed by atoms with van der Waals surface area (Å²) in [6.45, 7) is 3.89. The molecule has 0 saturated heterocycles. The lowest BCUT2D eigenvalue weighted by Crippen LogP contribution is -2.17. The Hall–Kier alpha value is -2.71. The van der Waals surface area contributed by atoms with E-state index in [-0.39, 0.29) is 24.9 Å². The fourth-order valence-electron chi connectivity index (χ4n) is 2.31. The van der Waals surface area contributed by atoms with Gasteiger partial charge in [-0.3, -0.25) is 9.48 Å². The molecule has 0 aliphatic heterocycles. The number of nitrogens with two attached hydrogens (primary N) is 1. The van der Waals surface area contributed by atoms with Crippen LogP contribution in [0.2, 0.25) is 0 Å². The summed E-state index contributed by atoms with van der Waals surface area (Å²) >= 11 is 0. The van der Waals surface area contributed by atoms with Crippen LogP contribution in [0, 0.1) is 13.8 Å². The van der Waals surface area contributed by atoms with E-state index in [1.165, 1.54) is 0 Å². The summed E-state index contributed by atoms with van der Waals surface area (Å²) in [6.07, 6.45) is 0.862. The van der Waals surface area contributed by atoms with Crippen molar-refractivity contribution in [3.8, 4) is 0 Å². The van der Waals surface area contributed by atoms with E-state index in [0.29, 0.717) is 18.2 Å². The molecule has 0 aliphatic rings. The van der Waals surface area contributed by atoms with Gasteiger partial charge in [-0.2, -0.15) is 20.1 Å². The Labute approximate surface area is 140 Å². The lowest BCUT2D eigenvalue weighted by Gasteiger charge is -2.11. The number of nitrogen functional groups attached to an aromatic ring is 1. The quantitative estimate of drug-likeness (QED) is 0.763. The van der Waals surface area contributed by atoms with E-state index < -0.39 is 0 Å². The first-order valence-corrected chi connectivity index (χ1v) is 7.60. The standard InChI is InChI=1S/C15H23N7O2/c1-9-11(10(2)22(5)20-9)6-7-13(23)24-8-12-17-14(16)19-15(18-12)21(3)4/h6-8H2,1-5H3,(H2,16,17,18,19). The lowest BCUT2D eigenvalue weighted by molar-refractivity contribution is -0.145. The molecule has 0 radical (unpaired) electrons. The van der Waals surface area contributed by atoms with Gasteiger partial charge >= 0.3 is 5.97 Å². The van der Waals surface area contributed by atoms with Crippen LogP contribution in [0.15, 0.2) is 0 Å². The van der Waals surface area contributed by atoms with E-state index >= 15 is 0 Å². The lowest BCUT2D eigenvalue weighted by atomic mass is 10.1. The summed E-state index contributed by atoms with van der Waals surface area (Å²) in [7, 11) is 5.48. The summed E-state index contributed by atoms with van der Waals surface area (Å²) in [5.74, 6) is 0.535. The zero-order valence-corrected chi connectivity index (χ0v) is 14.7. The molecule has 0 bridgehead atoms. The van der Waals surface area contributed by atoms with Crippen LogP contribution in [0.25, 0.3) is 0 Å². The molecular formula is C15H23N7O2. The fraction of sp³-hybridized carbons (Fsp3) is 0.533. The first kappa shape index (κ1) is 17.6. The Morgan fingerprint density at radius 1 is 1.25 bits per heavy atom. The zero-order valence-electron chi connectivity index (χ0n) is 14.7. The van der Waals surface area contributed by atoms with Crippen molar-refractivity contribution in [2.45, 2.75) is 33.3 Å². The van der Waals surface area contributed by atoms with Gasteiger partial charge in [-0.1, -0.05) is 0 Å². The summed E-state index contributed by atoms with van der Waals surface area (Å²) in [4.78, 5) is 25.8. The average Bonchev–Trinajstić information content (AvgIpc) is 2.75. The van der Waals surface area contributed by atoms with Crippen LogP contribution in [0.3, 0.4) is 0 Å². The molecule has 0 aliphatic carbocycles. The monoisotopic (exact) mass is 333 g/mol. The van der Waals surface area contributed by atoms with Gasteiger partial charge in [0.2, 0.25) is 11.9 Å². The first-order chi connectivity index (χ1) is 11.3. The van der Waals surface area contributed by atoms with Gasteiger partial charge in [-0.15, -0.1) is 0 Å². The molecule has 0 fully saturated rings. The number of esters is 1. The van der Waals surface area contributed by atoms with Gasteiger partial charge < -0.3 is 15.4 Å². The predicted molar refractivity (Wildman–Crippen MR) is 89.4 cm³/mol. The van der Waals surface area contributed by atoms with E-state index in [9.17, 15) is 4.79 Å². The largest absolute Gasteiger partial charge is 0.457 e. The molecule has 2 aromatic heterocycles. The maximum absolute atomic E-state index is 12.0. The van der Waals surface area contributed by atoms with Gasteiger partial charge in [-0.05, 0) is 25.8 Å². The third-order valence-corrected chi connectivity index (χ3v) is 3.69. The van der Waals surface area contributed by atoms with Crippen molar-refractivity contribution in [2.75, 3.05) is 24.7 Å². The smallest absolute Gasteiger partial charge is 0.306 e. The number of hydrogen-bond donors (Lipinski definition) is 1. The average molecular weight is 333 g/mol. The third kappa shape index (κ3) is 4.18. The molecule has 9 nitrogen and oxygen atoms in total. The van der Waals surface area contributed by atoms with E-state index in [1.807, 2.05) is 25.6 Å². The molecule has 2 N–H and O–H groups in total. The molecule has 0 unspecified atom stereocenters. The van der Waals surface area contributed by atoms with E-state index in [1.54, 1.807) is 19.0 Å². The number of anilines is 2. The van der Waals surface area contributed by atoms with Crippen LogP contribution >= 0.6 is 0 Å². The van der Waals surface area contributed by atoms with Crippen LogP contribution < -0.4 is 10.6 Å². The number of nitrogens with zero attached hydrogens (tertiary/aromatic N) is 6. The third-order valence-electron chi connectivity index (χ3n) is 3.69. The highest BCUT2D eigenvalue weighted by Crippen LogP contribution is 2.14. The molecule has 2 aromatic rings. The number of aryl methyl sites for hydroxylation is 2. The molecule has 0 amide bonds. The SMILES string of the molecule is Cc1nn(C)c(C)c1CCC(=O)OCc1nc(N)nc(N(C)C)n1. The molecule has 0 aromatic carbocycles. The van der Waals surface area contributed by atoms with Gasteiger partial charge in [0.25, 0.3) is 0 Å². The van der Waals surface area contributed by atoms with Crippen molar-refractivity contribution in [1.29, 1.82) is 0 Å². The minimum absolute atomic E-state index is 0.0304. The fourth-order valence-corrected chi connectivity index (χ4v) is 2.31. The molecule has 2 rings (SSSR count). The van der Waals surface area contributed by atoms with Gasteiger partial charge in [0.05, 0.1) is 5.69 Å². The van der Waals surface area contributed by atoms with Crippen molar-refractivity contribution < 1.29 is 9.53 Å². The highest BCUT2D eigenvalue weighted by atomic mass is 16.5. The number of carbonyl (C=O) groups is 1. The van der Waals surface area contributed by atoms with E-state index in [2.05, 4.69) is 20.1 Å². The highest BCUT2D eigenvalue weighted by molar-refractivity contribution is 5.69. The van der Waals surface area contributed by atoms with E-state index in [4.69, 9.17) is 10.5 Å². The van der Waals surface area contributed by atoms with Gasteiger partial charge in [0.15, 0.2) is 12.4 Å². The number of ether oxygens (including phenoxy) is 1. The minimum Gasteiger partial charge on any atom is -0.457 e. The predicted octanol–water partition coefficient (Wildman–Crippen LogP) is 0.546. The van der Waals surface area contributed by atoms with Crippen molar-refractivity contribution in [2.24, 2.45) is 7.05 Å². The summed E-state index contributed by atoms with van der Waals surface area (Å²) in [6, 6.07) is 0. The molecule has 130 valence electrons. The number of rotatable bonds is 6. The zero-order chi connectivity index (χ0) is 17.9. The molecule has 0 spiro atoms. The summed E-state index contributed by atoms with van der Waals surface area (Å²) in [5, 5.41) is 4.34. The minimum atomic E-state index is -0.317. The Bertz CT molecular complexity index is 740. The Morgan fingerprint density at radius 3 is 2.54 bits per heavy atom. The number of aromatic nitrogens is 5. The molecule has 9 heteroatoms. The van der Waals surface area contributed by atoms with Crippen molar-refractivity contribution in [1.82, 2.24) is 24.7 Å². The second kappa shape index (κ2) is 7.24. The second-order valence-corrected chi connectivity index (χ2v) is 5.74. The van der Waals surface area contributed by atoms with Crippen LogP contribution in [0.4, 0.5) is 11.9 Å². The molecular weight excluding hydrogens is 310 g/mol. The normalized spacial score (nSPS) is 10.7. The van der Waals surface area contributed by atoms with Gasteiger partial charge in [0, 0.05) is 33.3 Å². The molecule has 0 saturated carbocycles.